The van der Waals surface area contributed by atoms with E-state index < -0.39 is 16.9 Å². The Bertz CT molecular complexity index is 1110. The molecule has 32 heavy (non-hydrogen) atoms. The van der Waals surface area contributed by atoms with Crippen molar-refractivity contribution in [2.75, 3.05) is 11.1 Å². The number of H-pyrrole nitrogens is 1. The van der Waals surface area contributed by atoms with Crippen molar-refractivity contribution in [1.82, 2.24) is 30.5 Å². The van der Waals surface area contributed by atoms with Gasteiger partial charge in [-0.25, -0.2) is 15.0 Å². The second-order valence-electron chi connectivity index (χ2n) is 6.92. The van der Waals surface area contributed by atoms with E-state index in [0.29, 0.717) is 11.0 Å². The van der Waals surface area contributed by atoms with Crippen molar-refractivity contribution >= 4 is 35.2 Å². The Kier molecular flexibility index (Phi) is 7.44. The molecule has 0 spiro atoms. The average Bonchev–Trinajstić information content (AvgIpc) is 3.25. The SMILES string of the molecule is CC(C)[C@@H](NC(=O)c1cccc([N+](=O)[O-])c1)c1nc(SCC(=O)Nc2ncccn2)n[nH]1. The van der Waals surface area contributed by atoms with Gasteiger partial charge in [-0.05, 0) is 18.1 Å². The summed E-state index contributed by atoms with van der Waals surface area (Å²) in [6.07, 6.45) is 3.04. The van der Waals surface area contributed by atoms with E-state index in [2.05, 4.69) is 35.8 Å². The number of nitro benzene ring substituents is 1. The van der Waals surface area contributed by atoms with Crippen molar-refractivity contribution in [2.24, 2.45) is 5.92 Å². The molecule has 0 aliphatic carbocycles. The van der Waals surface area contributed by atoms with Crippen LogP contribution >= 0.6 is 11.8 Å². The van der Waals surface area contributed by atoms with Gasteiger partial charge in [-0.1, -0.05) is 31.7 Å². The lowest BCUT2D eigenvalue weighted by molar-refractivity contribution is -0.384. The quantitative estimate of drug-likeness (QED) is 0.248. The fourth-order valence-corrected chi connectivity index (χ4v) is 3.26. The summed E-state index contributed by atoms with van der Waals surface area (Å²) in [6.45, 7) is 3.78. The van der Waals surface area contributed by atoms with Crippen LogP contribution in [0.15, 0.2) is 47.9 Å². The molecule has 3 rings (SSSR count). The predicted octanol–water partition coefficient (Wildman–Crippen LogP) is 2.36. The maximum atomic E-state index is 12.6. The van der Waals surface area contributed by atoms with Gasteiger partial charge in [-0.3, -0.25) is 30.1 Å². The van der Waals surface area contributed by atoms with Crippen molar-refractivity contribution in [2.45, 2.75) is 25.0 Å². The first-order chi connectivity index (χ1) is 15.3. The first-order valence-electron chi connectivity index (χ1n) is 9.50. The average molecular weight is 456 g/mol. The molecular weight excluding hydrogens is 436 g/mol. The van der Waals surface area contributed by atoms with Crippen molar-refractivity contribution in [3.63, 3.8) is 0 Å². The van der Waals surface area contributed by atoms with Gasteiger partial charge >= 0.3 is 0 Å². The molecule has 0 radical (unpaired) electrons. The van der Waals surface area contributed by atoms with E-state index in [9.17, 15) is 19.7 Å². The Hall–Kier alpha value is -3.87. The van der Waals surface area contributed by atoms with Gasteiger partial charge in [-0.2, -0.15) is 0 Å². The number of thioether (sulfide) groups is 1. The Morgan fingerprint density at radius 1 is 1.22 bits per heavy atom. The third-order valence-electron chi connectivity index (χ3n) is 4.20. The number of nitro groups is 1. The van der Waals surface area contributed by atoms with Gasteiger partial charge in [0.1, 0.15) is 5.82 Å². The first kappa shape index (κ1) is 22.8. The number of anilines is 1. The smallest absolute Gasteiger partial charge is 0.270 e. The summed E-state index contributed by atoms with van der Waals surface area (Å²) in [5, 5.41) is 23.6. The van der Waals surface area contributed by atoms with Crippen LogP contribution < -0.4 is 10.6 Å². The third kappa shape index (κ3) is 6.07. The van der Waals surface area contributed by atoms with Crippen LogP contribution in [0.4, 0.5) is 11.6 Å². The van der Waals surface area contributed by atoms with E-state index in [0.717, 1.165) is 11.8 Å². The monoisotopic (exact) mass is 456 g/mol. The normalized spacial score (nSPS) is 11.7. The number of rotatable bonds is 9. The minimum atomic E-state index is -0.559. The summed E-state index contributed by atoms with van der Waals surface area (Å²) >= 11 is 1.11. The van der Waals surface area contributed by atoms with E-state index in [1.54, 1.807) is 6.07 Å². The molecule has 3 aromatic rings. The minimum Gasteiger partial charge on any atom is -0.342 e. The highest BCUT2D eigenvalue weighted by atomic mass is 32.2. The van der Waals surface area contributed by atoms with E-state index in [-0.39, 0.29) is 34.8 Å². The Labute approximate surface area is 186 Å². The molecule has 166 valence electrons. The highest BCUT2D eigenvalue weighted by Crippen LogP contribution is 2.22. The van der Waals surface area contributed by atoms with E-state index in [4.69, 9.17) is 0 Å². The maximum absolute atomic E-state index is 12.6. The lowest BCUT2D eigenvalue weighted by Gasteiger charge is -2.19. The van der Waals surface area contributed by atoms with Crippen LogP contribution in [0.2, 0.25) is 0 Å². The Morgan fingerprint density at radius 3 is 2.66 bits per heavy atom. The van der Waals surface area contributed by atoms with Crippen LogP contribution in [0.1, 0.15) is 36.1 Å². The number of benzene rings is 1. The molecular formula is C19H20N8O4S. The van der Waals surface area contributed by atoms with Crippen molar-refractivity contribution in [1.29, 1.82) is 0 Å². The van der Waals surface area contributed by atoms with Crippen LogP contribution in [0.25, 0.3) is 0 Å². The summed E-state index contributed by atoms with van der Waals surface area (Å²) in [5.74, 6) is -0.179. The molecule has 1 aromatic carbocycles. The molecule has 3 N–H and O–H groups in total. The summed E-state index contributed by atoms with van der Waals surface area (Å²) in [5.41, 5.74) is -0.00459. The van der Waals surface area contributed by atoms with Crippen LogP contribution in [0.5, 0.6) is 0 Å². The summed E-state index contributed by atoms with van der Waals surface area (Å²) < 4.78 is 0. The molecule has 2 aromatic heterocycles. The molecule has 0 saturated heterocycles. The van der Waals surface area contributed by atoms with Gasteiger partial charge in [0.25, 0.3) is 11.6 Å². The molecule has 0 fully saturated rings. The number of aromatic nitrogens is 5. The standard InChI is InChI=1S/C19H20N8O4S/c1-11(2)15(23-17(29)12-5-3-6-13(9-12)27(30)31)16-24-19(26-25-16)32-10-14(28)22-18-20-7-4-8-21-18/h3-9,11,15H,10H2,1-2H3,(H,23,29)(H,24,25,26)(H,20,21,22,28)/t15-/m1/s1. The number of carbonyl (C=O) groups excluding carboxylic acids is 2. The Morgan fingerprint density at radius 2 is 1.97 bits per heavy atom. The minimum absolute atomic E-state index is 0.0436. The zero-order valence-corrected chi connectivity index (χ0v) is 18.0. The fraction of sp³-hybridized carbons (Fsp3) is 0.263. The van der Waals surface area contributed by atoms with Crippen LogP contribution in [0.3, 0.4) is 0 Å². The summed E-state index contributed by atoms with van der Waals surface area (Å²) in [7, 11) is 0. The van der Waals surface area contributed by atoms with Crippen LogP contribution in [-0.2, 0) is 4.79 Å². The largest absolute Gasteiger partial charge is 0.342 e. The number of non-ortho nitro benzene ring substituents is 1. The highest BCUT2D eigenvalue weighted by molar-refractivity contribution is 7.99. The molecule has 13 heteroatoms. The van der Waals surface area contributed by atoms with Gasteiger partial charge < -0.3 is 5.32 Å². The zero-order valence-electron chi connectivity index (χ0n) is 17.2. The lowest BCUT2D eigenvalue weighted by atomic mass is 10.0. The van der Waals surface area contributed by atoms with Gasteiger partial charge in [-0.15, -0.1) is 5.10 Å². The predicted molar refractivity (Wildman–Crippen MR) is 116 cm³/mol. The number of nitrogens with one attached hydrogen (secondary N) is 3. The van der Waals surface area contributed by atoms with E-state index in [1.807, 2.05) is 13.8 Å². The van der Waals surface area contributed by atoms with Crippen molar-refractivity contribution in [3.05, 3.63) is 64.2 Å². The van der Waals surface area contributed by atoms with Crippen molar-refractivity contribution < 1.29 is 14.5 Å². The molecule has 2 heterocycles. The molecule has 0 unspecified atom stereocenters. The summed E-state index contributed by atoms with van der Waals surface area (Å²) in [4.78, 5) is 47.3. The fourth-order valence-electron chi connectivity index (χ4n) is 2.65. The molecule has 2 amide bonds. The van der Waals surface area contributed by atoms with Gasteiger partial charge in [0.2, 0.25) is 17.0 Å². The maximum Gasteiger partial charge on any atom is 0.270 e. The summed E-state index contributed by atoms with van der Waals surface area (Å²) in [6, 6.07) is 6.60. The van der Waals surface area contributed by atoms with Gasteiger partial charge in [0.05, 0.1) is 16.7 Å². The molecule has 0 aliphatic heterocycles. The zero-order chi connectivity index (χ0) is 23.1. The number of hydrogen-bond donors (Lipinski definition) is 3. The first-order valence-corrected chi connectivity index (χ1v) is 10.5. The molecule has 0 bridgehead atoms. The number of carbonyl (C=O) groups is 2. The van der Waals surface area contributed by atoms with E-state index in [1.165, 1.54) is 36.7 Å². The number of hydrogen-bond acceptors (Lipinski definition) is 9. The number of aromatic amines is 1. The third-order valence-corrected chi connectivity index (χ3v) is 5.05. The van der Waals surface area contributed by atoms with Crippen molar-refractivity contribution in [3.8, 4) is 0 Å². The molecule has 12 nitrogen and oxygen atoms in total. The van der Waals surface area contributed by atoms with Gasteiger partial charge in [0, 0.05) is 30.1 Å². The topological polar surface area (TPSA) is 169 Å². The molecule has 0 saturated carbocycles. The van der Waals surface area contributed by atoms with Gasteiger partial charge in [0.15, 0.2) is 0 Å². The number of amides is 2. The second-order valence-corrected chi connectivity index (χ2v) is 7.86. The van der Waals surface area contributed by atoms with Crippen LogP contribution in [0, 0.1) is 16.0 Å². The van der Waals surface area contributed by atoms with E-state index >= 15 is 0 Å². The Balaban J connectivity index is 1.62. The number of nitrogens with zero attached hydrogens (tertiary/aromatic N) is 5. The lowest BCUT2D eigenvalue weighted by Crippen LogP contribution is -2.32. The second kappa shape index (κ2) is 10.4. The molecule has 0 aliphatic rings. The highest BCUT2D eigenvalue weighted by Gasteiger charge is 2.24. The van der Waals surface area contributed by atoms with Crippen LogP contribution in [-0.4, -0.2) is 47.6 Å². The molecule has 1 atom stereocenters.